The highest BCUT2D eigenvalue weighted by molar-refractivity contribution is 7.16. The predicted octanol–water partition coefficient (Wildman–Crippen LogP) is 2.31. The normalized spacial score (nSPS) is 13.2. The molecule has 0 bridgehead atoms. The van der Waals surface area contributed by atoms with Crippen molar-refractivity contribution in [3.63, 3.8) is 0 Å². The van der Waals surface area contributed by atoms with Crippen LogP contribution in [0, 0.1) is 0 Å². The topological polar surface area (TPSA) is 56.2 Å². The van der Waals surface area contributed by atoms with Gasteiger partial charge < -0.3 is 10.2 Å². The van der Waals surface area contributed by atoms with Gasteiger partial charge in [-0.1, -0.05) is 24.3 Å². The molecule has 1 aromatic carbocycles. The van der Waals surface area contributed by atoms with Gasteiger partial charge >= 0.3 is 4.94 Å². The highest BCUT2D eigenvalue weighted by atomic mass is 32.1. The summed E-state index contributed by atoms with van der Waals surface area (Å²) in [5.74, 6) is 0.407. The Hall–Kier alpha value is -1.13. The molecule has 0 saturated carbocycles. The second kappa shape index (κ2) is 4.16. The van der Waals surface area contributed by atoms with Gasteiger partial charge in [-0.05, 0) is 36.6 Å². The average molecular weight is 223 g/mol. The lowest BCUT2D eigenvalue weighted by Gasteiger charge is -2.09. The summed E-state index contributed by atoms with van der Waals surface area (Å²) in [6, 6.07) is 5.91. The zero-order valence-electron chi connectivity index (χ0n) is 8.53. The molecular formula is C11H13NO2S. The minimum absolute atomic E-state index is 0.242. The van der Waals surface area contributed by atoms with Crippen LogP contribution in [-0.4, -0.2) is 6.54 Å². The molecule has 1 aromatic heterocycles. The first-order chi connectivity index (χ1) is 7.20. The maximum absolute atomic E-state index is 11.0. The van der Waals surface area contributed by atoms with E-state index in [1.807, 2.05) is 18.2 Å². The molecular weight excluding hydrogens is 210 g/mol. The Bertz CT molecular complexity index is 515. The van der Waals surface area contributed by atoms with E-state index in [0.717, 1.165) is 22.5 Å². The maximum atomic E-state index is 11.0. The second-order valence-electron chi connectivity index (χ2n) is 3.64. The quantitative estimate of drug-likeness (QED) is 0.868. The molecule has 0 amide bonds. The monoisotopic (exact) mass is 223 g/mol. The van der Waals surface area contributed by atoms with Crippen LogP contribution in [-0.2, 0) is 0 Å². The van der Waals surface area contributed by atoms with E-state index >= 15 is 0 Å². The number of rotatable bonds is 3. The summed E-state index contributed by atoms with van der Waals surface area (Å²) in [4.78, 5) is 10.8. The van der Waals surface area contributed by atoms with E-state index in [-0.39, 0.29) is 4.94 Å². The molecule has 0 spiro atoms. The van der Waals surface area contributed by atoms with E-state index in [2.05, 4.69) is 6.92 Å². The minimum atomic E-state index is -0.242. The third-order valence-electron chi connectivity index (χ3n) is 2.52. The van der Waals surface area contributed by atoms with Gasteiger partial charge in [0, 0.05) is 0 Å². The molecule has 0 radical (unpaired) electrons. The largest absolute Gasteiger partial charge is 0.414 e. The minimum Gasteiger partial charge on any atom is -0.414 e. The predicted molar refractivity (Wildman–Crippen MR) is 62.4 cm³/mol. The summed E-state index contributed by atoms with van der Waals surface area (Å²) in [6.45, 7) is 2.80. The van der Waals surface area contributed by atoms with Crippen LogP contribution in [0.25, 0.3) is 10.3 Å². The van der Waals surface area contributed by atoms with Crippen molar-refractivity contribution in [3.8, 4) is 0 Å². The van der Waals surface area contributed by atoms with E-state index in [9.17, 15) is 4.79 Å². The van der Waals surface area contributed by atoms with Crippen molar-refractivity contribution in [2.24, 2.45) is 5.73 Å². The molecule has 2 rings (SSSR count). The van der Waals surface area contributed by atoms with Crippen LogP contribution in [0.4, 0.5) is 0 Å². The summed E-state index contributed by atoms with van der Waals surface area (Å²) in [7, 11) is 0. The summed E-state index contributed by atoms with van der Waals surface area (Å²) in [5.41, 5.74) is 7.37. The Morgan fingerprint density at radius 3 is 3.07 bits per heavy atom. The van der Waals surface area contributed by atoms with Crippen LogP contribution in [0.2, 0.25) is 0 Å². The molecule has 1 heterocycles. The Labute approximate surface area is 91.5 Å². The average Bonchev–Trinajstić information content (AvgIpc) is 2.57. The third kappa shape index (κ3) is 2.11. The van der Waals surface area contributed by atoms with Crippen LogP contribution >= 0.6 is 11.3 Å². The zero-order valence-corrected chi connectivity index (χ0v) is 9.34. The molecule has 0 saturated heterocycles. The second-order valence-corrected chi connectivity index (χ2v) is 4.62. The van der Waals surface area contributed by atoms with Crippen LogP contribution in [0.3, 0.4) is 0 Å². The summed E-state index contributed by atoms with van der Waals surface area (Å²) in [6.07, 6.45) is 0.944. The van der Waals surface area contributed by atoms with Gasteiger partial charge in [0.15, 0.2) is 0 Å². The molecule has 80 valence electrons. The zero-order chi connectivity index (χ0) is 10.8. The van der Waals surface area contributed by atoms with E-state index in [0.29, 0.717) is 18.0 Å². The van der Waals surface area contributed by atoms with Crippen LogP contribution in [0.5, 0.6) is 0 Å². The van der Waals surface area contributed by atoms with Crippen molar-refractivity contribution in [1.82, 2.24) is 0 Å². The summed E-state index contributed by atoms with van der Waals surface area (Å²) in [5, 5.41) is 0. The fraction of sp³-hybridized carbons (Fsp3) is 0.364. The Morgan fingerprint density at radius 1 is 1.53 bits per heavy atom. The van der Waals surface area contributed by atoms with Crippen molar-refractivity contribution >= 4 is 21.6 Å². The van der Waals surface area contributed by atoms with E-state index in [1.165, 1.54) is 5.56 Å². The molecule has 1 atom stereocenters. The van der Waals surface area contributed by atoms with Gasteiger partial charge in [-0.15, -0.1) is 0 Å². The molecule has 15 heavy (non-hydrogen) atoms. The van der Waals surface area contributed by atoms with E-state index in [1.54, 1.807) is 0 Å². The standard InChI is InChI=1S/C11H13NO2S/c1-7(4-5-12)8-2-3-10-9(6-8)14-11(13)15-10/h2-3,6-7H,4-5,12H2,1H3. The number of hydrogen-bond acceptors (Lipinski definition) is 4. The van der Waals surface area contributed by atoms with E-state index < -0.39 is 0 Å². The highest BCUT2D eigenvalue weighted by Crippen LogP contribution is 2.24. The van der Waals surface area contributed by atoms with Gasteiger partial charge in [0.2, 0.25) is 0 Å². The SMILES string of the molecule is CC(CCN)c1ccc2sc(=O)oc2c1. The molecule has 3 nitrogen and oxygen atoms in total. The number of hydrogen-bond donors (Lipinski definition) is 1. The van der Waals surface area contributed by atoms with Gasteiger partial charge in [-0.25, -0.2) is 4.79 Å². The van der Waals surface area contributed by atoms with Gasteiger partial charge in [-0.3, -0.25) is 0 Å². The lowest BCUT2D eigenvalue weighted by atomic mass is 9.98. The number of nitrogens with two attached hydrogens (primary N) is 1. The molecule has 4 heteroatoms. The van der Waals surface area contributed by atoms with Crippen molar-refractivity contribution in [1.29, 1.82) is 0 Å². The van der Waals surface area contributed by atoms with Gasteiger partial charge in [-0.2, -0.15) is 0 Å². The Balaban J connectivity index is 2.41. The Morgan fingerprint density at radius 2 is 2.33 bits per heavy atom. The molecule has 2 aromatic rings. The molecule has 0 fully saturated rings. The first-order valence-corrected chi connectivity index (χ1v) is 5.76. The van der Waals surface area contributed by atoms with Crippen molar-refractivity contribution in [3.05, 3.63) is 33.5 Å². The van der Waals surface area contributed by atoms with Crippen molar-refractivity contribution in [2.75, 3.05) is 6.54 Å². The molecule has 0 aliphatic rings. The number of fused-ring (bicyclic) bond motifs is 1. The van der Waals surface area contributed by atoms with Crippen LogP contribution in [0.1, 0.15) is 24.8 Å². The van der Waals surface area contributed by atoms with E-state index in [4.69, 9.17) is 10.2 Å². The molecule has 0 aliphatic heterocycles. The maximum Gasteiger partial charge on any atom is 0.396 e. The molecule has 2 N–H and O–H groups in total. The van der Waals surface area contributed by atoms with Gasteiger partial charge in [0.25, 0.3) is 0 Å². The lowest BCUT2D eigenvalue weighted by molar-refractivity contribution is 0.583. The van der Waals surface area contributed by atoms with Gasteiger partial charge in [0.05, 0.1) is 4.70 Å². The van der Waals surface area contributed by atoms with Gasteiger partial charge in [0.1, 0.15) is 5.58 Å². The highest BCUT2D eigenvalue weighted by Gasteiger charge is 2.08. The fourth-order valence-corrected chi connectivity index (χ4v) is 2.26. The van der Waals surface area contributed by atoms with Crippen LogP contribution in [0.15, 0.2) is 27.4 Å². The van der Waals surface area contributed by atoms with Crippen molar-refractivity contribution in [2.45, 2.75) is 19.3 Å². The first-order valence-electron chi connectivity index (χ1n) is 4.94. The first kappa shape index (κ1) is 10.4. The smallest absolute Gasteiger partial charge is 0.396 e. The number of benzene rings is 1. The lowest BCUT2D eigenvalue weighted by Crippen LogP contribution is -2.04. The fourth-order valence-electron chi connectivity index (χ4n) is 1.61. The van der Waals surface area contributed by atoms with Crippen molar-refractivity contribution < 1.29 is 4.42 Å². The summed E-state index contributed by atoms with van der Waals surface area (Å²) < 4.78 is 5.97. The molecule has 1 unspecified atom stereocenters. The van der Waals surface area contributed by atoms with Crippen LogP contribution < -0.4 is 10.7 Å². The third-order valence-corrected chi connectivity index (χ3v) is 3.33. The Kier molecular flexibility index (Phi) is 2.88. The molecule has 0 aliphatic carbocycles. The summed E-state index contributed by atoms with van der Waals surface area (Å²) >= 11 is 1.14.